The van der Waals surface area contributed by atoms with Crippen molar-refractivity contribution in [2.24, 2.45) is 11.3 Å². The highest BCUT2D eigenvalue weighted by molar-refractivity contribution is 7.90. The minimum absolute atomic E-state index is 0.200. The van der Waals surface area contributed by atoms with Crippen LogP contribution in [0, 0.1) is 11.3 Å². The van der Waals surface area contributed by atoms with Crippen LogP contribution in [0.4, 0.5) is 4.79 Å². The highest BCUT2D eigenvalue weighted by Gasteiger charge is 2.48. The molecule has 220 valence electrons. The summed E-state index contributed by atoms with van der Waals surface area (Å²) in [6.45, 7) is 7.35. The summed E-state index contributed by atoms with van der Waals surface area (Å²) >= 11 is 0. The smallest absolute Gasteiger partial charge is 0.320 e. The first kappa shape index (κ1) is 28.2. The largest absolute Gasteiger partial charge is 0.338 e. The summed E-state index contributed by atoms with van der Waals surface area (Å²) in [7, 11) is -3.23. The lowest BCUT2D eigenvalue weighted by atomic mass is 9.76. The number of urea groups is 1. The number of rotatable bonds is 6. The molecule has 1 spiro atoms. The van der Waals surface area contributed by atoms with E-state index >= 15 is 0 Å². The van der Waals surface area contributed by atoms with Crippen LogP contribution in [0.2, 0.25) is 0 Å². The first-order valence-electron chi connectivity index (χ1n) is 15.1. The maximum absolute atomic E-state index is 13.6. The van der Waals surface area contributed by atoms with Gasteiger partial charge in [-0.05, 0) is 74.4 Å². The zero-order chi connectivity index (χ0) is 28.6. The standard InChI is InChI=1S/C32H42N4O4S/c1-41(39,40)28-11-9-25(10-12-28)21-35-20-15-32(30(35)37)13-18-33(19-14-32)22-27-23-36(31(38)34-16-5-6-17-34)24-29(27)26-7-3-2-4-8-26/h2-4,7-12,27,29H,5-6,13-24H2,1H3/t27-,29?/m0/s1. The van der Waals surface area contributed by atoms with Crippen LogP contribution in [0.1, 0.15) is 49.1 Å². The minimum atomic E-state index is -3.23. The van der Waals surface area contributed by atoms with Crippen LogP contribution in [0.15, 0.2) is 59.5 Å². The van der Waals surface area contributed by atoms with Crippen molar-refractivity contribution in [2.75, 3.05) is 58.6 Å². The van der Waals surface area contributed by atoms with Crippen LogP contribution in [0.5, 0.6) is 0 Å². The van der Waals surface area contributed by atoms with Crippen molar-refractivity contribution in [3.63, 3.8) is 0 Å². The average molecular weight is 579 g/mol. The van der Waals surface area contributed by atoms with E-state index in [1.165, 1.54) is 11.8 Å². The normalized spacial score (nSPS) is 25.0. The van der Waals surface area contributed by atoms with Gasteiger partial charge in [0.2, 0.25) is 5.91 Å². The molecule has 0 N–H and O–H groups in total. The molecule has 8 nitrogen and oxygen atoms in total. The first-order chi connectivity index (χ1) is 19.7. The Morgan fingerprint density at radius 1 is 0.854 bits per heavy atom. The van der Waals surface area contributed by atoms with Crippen LogP contribution in [0.3, 0.4) is 0 Å². The van der Waals surface area contributed by atoms with Crippen LogP contribution >= 0.6 is 0 Å². The minimum Gasteiger partial charge on any atom is -0.338 e. The van der Waals surface area contributed by atoms with Crippen molar-refractivity contribution in [3.05, 3.63) is 65.7 Å². The third kappa shape index (κ3) is 5.89. The van der Waals surface area contributed by atoms with Crippen LogP contribution in [0.25, 0.3) is 0 Å². The summed E-state index contributed by atoms with van der Waals surface area (Å²) in [5.74, 6) is 0.953. The zero-order valence-corrected chi connectivity index (χ0v) is 24.9. The van der Waals surface area contributed by atoms with Gasteiger partial charge in [0.15, 0.2) is 9.84 Å². The number of piperidine rings is 1. The van der Waals surface area contributed by atoms with Crippen LogP contribution in [-0.2, 0) is 21.2 Å². The second-order valence-electron chi connectivity index (χ2n) is 12.6. The molecular weight excluding hydrogens is 536 g/mol. The number of hydrogen-bond donors (Lipinski definition) is 0. The molecule has 3 amide bonds. The van der Waals surface area contributed by atoms with E-state index in [-0.39, 0.29) is 17.4 Å². The van der Waals surface area contributed by atoms with Crippen LogP contribution < -0.4 is 0 Å². The number of likely N-dealkylation sites (tertiary alicyclic amines) is 4. The molecule has 0 aliphatic carbocycles. The van der Waals surface area contributed by atoms with Gasteiger partial charge in [0, 0.05) is 58.0 Å². The molecule has 4 saturated heterocycles. The van der Waals surface area contributed by atoms with Gasteiger partial charge in [-0.25, -0.2) is 13.2 Å². The fraction of sp³-hybridized carbons (Fsp3) is 0.562. The van der Waals surface area contributed by atoms with Crippen molar-refractivity contribution >= 4 is 21.8 Å². The fourth-order valence-electron chi connectivity index (χ4n) is 7.46. The van der Waals surface area contributed by atoms with Gasteiger partial charge in [-0.15, -0.1) is 0 Å². The first-order valence-corrected chi connectivity index (χ1v) is 17.0. The predicted molar refractivity (Wildman–Crippen MR) is 158 cm³/mol. The van der Waals surface area contributed by atoms with E-state index in [9.17, 15) is 18.0 Å². The Bertz CT molecular complexity index is 1350. The summed E-state index contributed by atoms with van der Waals surface area (Å²) in [5.41, 5.74) is 1.99. The van der Waals surface area contributed by atoms with E-state index in [1.54, 1.807) is 12.1 Å². The Morgan fingerprint density at radius 3 is 2.17 bits per heavy atom. The lowest BCUT2D eigenvalue weighted by molar-refractivity contribution is -0.139. The number of carbonyl (C=O) groups excluding carboxylic acids is 2. The van der Waals surface area contributed by atoms with Gasteiger partial charge in [0.1, 0.15) is 0 Å². The lowest BCUT2D eigenvalue weighted by Crippen LogP contribution is -2.46. The highest BCUT2D eigenvalue weighted by atomic mass is 32.2. The van der Waals surface area contributed by atoms with E-state index in [0.717, 1.165) is 90.0 Å². The molecule has 0 bridgehead atoms. The number of amides is 3. The fourth-order valence-corrected chi connectivity index (χ4v) is 8.09. The maximum atomic E-state index is 13.6. The third-order valence-electron chi connectivity index (χ3n) is 9.95. The van der Waals surface area contributed by atoms with Gasteiger partial charge in [0.05, 0.1) is 10.3 Å². The van der Waals surface area contributed by atoms with Gasteiger partial charge >= 0.3 is 6.03 Å². The van der Waals surface area contributed by atoms with Gasteiger partial charge in [-0.3, -0.25) is 4.79 Å². The van der Waals surface area contributed by atoms with Crippen molar-refractivity contribution < 1.29 is 18.0 Å². The Balaban J connectivity index is 1.07. The molecule has 2 aromatic rings. The Labute approximate surface area is 244 Å². The summed E-state index contributed by atoms with van der Waals surface area (Å²) in [6.07, 6.45) is 6.04. The molecule has 6 rings (SSSR count). The van der Waals surface area contributed by atoms with Gasteiger partial charge in [-0.2, -0.15) is 0 Å². The van der Waals surface area contributed by atoms with Gasteiger partial charge in [0.25, 0.3) is 0 Å². The van der Waals surface area contributed by atoms with Crippen molar-refractivity contribution in [2.45, 2.75) is 49.5 Å². The molecule has 9 heteroatoms. The van der Waals surface area contributed by atoms with E-state index < -0.39 is 9.84 Å². The molecule has 4 heterocycles. The van der Waals surface area contributed by atoms with Gasteiger partial charge in [-0.1, -0.05) is 42.5 Å². The monoisotopic (exact) mass is 578 g/mol. The van der Waals surface area contributed by atoms with E-state index in [1.807, 2.05) is 21.9 Å². The highest BCUT2D eigenvalue weighted by Crippen LogP contribution is 2.43. The van der Waals surface area contributed by atoms with Gasteiger partial charge < -0.3 is 19.6 Å². The van der Waals surface area contributed by atoms with Crippen molar-refractivity contribution in [1.29, 1.82) is 0 Å². The number of benzene rings is 2. The molecule has 4 aliphatic heterocycles. The zero-order valence-electron chi connectivity index (χ0n) is 24.1. The predicted octanol–water partition coefficient (Wildman–Crippen LogP) is 3.84. The molecule has 0 radical (unpaired) electrons. The van der Waals surface area contributed by atoms with Crippen molar-refractivity contribution in [1.82, 2.24) is 19.6 Å². The number of sulfone groups is 1. The second-order valence-corrected chi connectivity index (χ2v) is 14.6. The molecular formula is C32H42N4O4S. The Hall–Kier alpha value is -2.91. The van der Waals surface area contributed by atoms with Crippen LogP contribution in [-0.4, -0.2) is 98.6 Å². The maximum Gasteiger partial charge on any atom is 0.320 e. The Kier molecular flexibility index (Phi) is 7.85. The summed E-state index contributed by atoms with van der Waals surface area (Å²) in [5, 5.41) is 0. The summed E-state index contributed by atoms with van der Waals surface area (Å²) in [6, 6.07) is 17.7. The number of hydrogen-bond acceptors (Lipinski definition) is 5. The lowest BCUT2D eigenvalue weighted by Gasteiger charge is -2.39. The molecule has 2 aromatic carbocycles. The number of nitrogens with zero attached hydrogens (tertiary/aromatic N) is 4. The molecule has 1 unspecified atom stereocenters. The SMILES string of the molecule is CS(=O)(=O)c1ccc(CN2CCC3(CCN(C[C@H]4CN(C(=O)N5CCCC5)CC4c4ccccc4)CC3)C2=O)cc1. The second kappa shape index (κ2) is 11.4. The van der Waals surface area contributed by atoms with E-state index in [2.05, 4.69) is 40.1 Å². The Morgan fingerprint density at radius 2 is 1.51 bits per heavy atom. The summed E-state index contributed by atoms with van der Waals surface area (Å²) < 4.78 is 23.6. The van der Waals surface area contributed by atoms with E-state index in [0.29, 0.717) is 23.3 Å². The molecule has 41 heavy (non-hydrogen) atoms. The van der Waals surface area contributed by atoms with E-state index in [4.69, 9.17) is 0 Å². The average Bonchev–Trinajstić information content (AvgIpc) is 3.72. The summed E-state index contributed by atoms with van der Waals surface area (Å²) in [4.78, 5) is 35.8. The molecule has 2 atom stereocenters. The molecule has 0 saturated carbocycles. The van der Waals surface area contributed by atoms with Crippen molar-refractivity contribution in [3.8, 4) is 0 Å². The quantitative estimate of drug-likeness (QED) is 0.521. The molecule has 4 fully saturated rings. The number of carbonyl (C=O) groups is 2. The third-order valence-corrected chi connectivity index (χ3v) is 11.1. The molecule has 4 aliphatic rings. The topological polar surface area (TPSA) is 81.2 Å². The molecule has 0 aromatic heterocycles.